The molecule has 0 fully saturated rings. The summed E-state index contributed by atoms with van der Waals surface area (Å²) < 4.78 is 4.46. The maximum absolute atomic E-state index is 10.7. The Balaban J connectivity index is 3.35. The number of carbonyl (C=O) groups is 1. The van der Waals surface area contributed by atoms with Crippen molar-refractivity contribution < 1.29 is 14.6 Å². The highest BCUT2D eigenvalue weighted by molar-refractivity contribution is 5.69. The Hall–Kier alpha value is -0.610. The molecule has 66 valence electrons. The van der Waals surface area contributed by atoms with E-state index in [1.54, 1.807) is 0 Å². The van der Waals surface area contributed by atoms with Crippen LogP contribution >= 0.6 is 0 Å². The standard InChI is InChI=1S/C7H15NO3/c1-6(8-3-4-9)5-7(10)11-2/h6,8-9H,3-5H2,1-2H3. The molecule has 0 bridgehead atoms. The minimum atomic E-state index is -0.233. The maximum atomic E-state index is 10.7. The molecule has 0 aliphatic rings. The molecule has 0 radical (unpaired) electrons. The molecule has 0 aromatic rings. The molecule has 0 spiro atoms. The minimum Gasteiger partial charge on any atom is -0.469 e. The Morgan fingerprint density at radius 3 is 2.82 bits per heavy atom. The SMILES string of the molecule is COC(=O)CC(C)NCCO. The van der Waals surface area contributed by atoms with Gasteiger partial charge >= 0.3 is 5.97 Å². The number of nitrogens with one attached hydrogen (secondary N) is 1. The first-order valence-electron chi connectivity index (χ1n) is 3.61. The molecule has 0 amide bonds. The number of aliphatic hydroxyl groups excluding tert-OH is 1. The first-order chi connectivity index (χ1) is 5.20. The first-order valence-corrected chi connectivity index (χ1v) is 3.61. The smallest absolute Gasteiger partial charge is 0.307 e. The number of ether oxygens (including phenoxy) is 1. The molecule has 1 unspecified atom stereocenters. The van der Waals surface area contributed by atoms with Crippen LogP contribution in [0.5, 0.6) is 0 Å². The largest absolute Gasteiger partial charge is 0.469 e. The Bertz CT molecular complexity index is 116. The fraction of sp³-hybridized carbons (Fsp3) is 0.857. The topological polar surface area (TPSA) is 58.6 Å². The van der Waals surface area contributed by atoms with E-state index in [1.165, 1.54) is 7.11 Å². The molecule has 0 aromatic heterocycles. The van der Waals surface area contributed by atoms with Crippen LogP contribution < -0.4 is 5.32 Å². The van der Waals surface area contributed by atoms with Crippen molar-refractivity contribution in [1.29, 1.82) is 0 Å². The van der Waals surface area contributed by atoms with Gasteiger partial charge in [0.1, 0.15) is 0 Å². The highest BCUT2D eigenvalue weighted by Crippen LogP contribution is 1.91. The summed E-state index contributed by atoms with van der Waals surface area (Å²) in [7, 11) is 1.36. The molecule has 11 heavy (non-hydrogen) atoms. The van der Waals surface area contributed by atoms with E-state index in [0.29, 0.717) is 13.0 Å². The van der Waals surface area contributed by atoms with E-state index in [2.05, 4.69) is 10.1 Å². The molecule has 0 aliphatic carbocycles. The van der Waals surface area contributed by atoms with Crippen LogP contribution in [0.1, 0.15) is 13.3 Å². The van der Waals surface area contributed by atoms with Crippen molar-refractivity contribution in [2.24, 2.45) is 0 Å². The normalized spacial score (nSPS) is 12.6. The monoisotopic (exact) mass is 161 g/mol. The summed E-state index contributed by atoms with van der Waals surface area (Å²) in [5.74, 6) is -0.233. The number of hydrogen-bond donors (Lipinski definition) is 2. The van der Waals surface area contributed by atoms with Crippen LogP contribution in [-0.4, -0.2) is 37.4 Å². The predicted octanol–water partition coefficient (Wildman–Crippen LogP) is -0.480. The van der Waals surface area contributed by atoms with E-state index in [0.717, 1.165) is 0 Å². The lowest BCUT2D eigenvalue weighted by Gasteiger charge is -2.10. The Kier molecular flexibility index (Phi) is 5.78. The van der Waals surface area contributed by atoms with Gasteiger partial charge in [0.05, 0.1) is 20.1 Å². The van der Waals surface area contributed by atoms with Crippen molar-refractivity contribution in [2.45, 2.75) is 19.4 Å². The molecule has 0 saturated heterocycles. The van der Waals surface area contributed by atoms with E-state index in [1.807, 2.05) is 6.92 Å². The molecule has 1 atom stereocenters. The van der Waals surface area contributed by atoms with Crippen molar-refractivity contribution in [2.75, 3.05) is 20.3 Å². The molecule has 0 saturated carbocycles. The van der Waals surface area contributed by atoms with Gasteiger partial charge in [-0.1, -0.05) is 0 Å². The molecule has 2 N–H and O–H groups in total. The predicted molar refractivity (Wildman–Crippen MR) is 41.2 cm³/mol. The van der Waals surface area contributed by atoms with E-state index in [9.17, 15) is 4.79 Å². The molecule has 0 rings (SSSR count). The van der Waals surface area contributed by atoms with Gasteiger partial charge in [0, 0.05) is 12.6 Å². The van der Waals surface area contributed by atoms with Gasteiger partial charge in [0.15, 0.2) is 0 Å². The third-order valence-electron chi connectivity index (χ3n) is 1.31. The minimum absolute atomic E-state index is 0.0644. The van der Waals surface area contributed by atoms with Gasteiger partial charge < -0.3 is 15.2 Å². The Labute approximate surface area is 66.5 Å². The molecule has 4 heteroatoms. The zero-order valence-corrected chi connectivity index (χ0v) is 6.96. The van der Waals surface area contributed by atoms with Gasteiger partial charge in [-0.15, -0.1) is 0 Å². The number of hydrogen-bond acceptors (Lipinski definition) is 4. The molecule has 4 nitrogen and oxygen atoms in total. The zero-order chi connectivity index (χ0) is 8.69. The van der Waals surface area contributed by atoms with E-state index < -0.39 is 0 Å². The van der Waals surface area contributed by atoms with Crippen LogP contribution in [0.2, 0.25) is 0 Å². The maximum Gasteiger partial charge on any atom is 0.307 e. The summed E-state index contributed by atoms with van der Waals surface area (Å²) >= 11 is 0. The second-order valence-electron chi connectivity index (χ2n) is 2.36. The molecular formula is C7H15NO3. The van der Waals surface area contributed by atoms with E-state index in [4.69, 9.17) is 5.11 Å². The molecule has 0 aromatic carbocycles. The van der Waals surface area contributed by atoms with Crippen LogP contribution in [0.4, 0.5) is 0 Å². The summed E-state index contributed by atoms with van der Waals surface area (Å²) in [5, 5.41) is 11.4. The van der Waals surface area contributed by atoms with Gasteiger partial charge in [-0.3, -0.25) is 4.79 Å². The number of aliphatic hydroxyl groups is 1. The van der Waals surface area contributed by atoms with Crippen molar-refractivity contribution in [1.82, 2.24) is 5.32 Å². The fourth-order valence-corrected chi connectivity index (χ4v) is 0.716. The number of esters is 1. The molecule has 0 heterocycles. The van der Waals surface area contributed by atoms with Crippen LogP contribution in [-0.2, 0) is 9.53 Å². The number of rotatable bonds is 5. The highest BCUT2D eigenvalue weighted by atomic mass is 16.5. The van der Waals surface area contributed by atoms with Gasteiger partial charge in [0.25, 0.3) is 0 Å². The second kappa shape index (κ2) is 6.12. The summed E-state index contributed by atoms with van der Waals surface area (Å²) in [5.41, 5.74) is 0. The van der Waals surface area contributed by atoms with E-state index >= 15 is 0 Å². The third kappa shape index (κ3) is 5.82. The van der Waals surface area contributed by atoms with Crippen LogP contribution in [0.3, 0.4) is 0 Å². The second-order valence-corrected chi connectivity index (χ2v) is 2.36. The van der Waals surface area contributed by atoms with Gasteiger partial charge in [-0.25, -0.2) is 0 Å². The summed E-state index contributed by atoms with van der Waals surface area (Å²) in [6.45, 7) is 2.47. The van der Waals surface area contributed by atoms with Crippen molar-refractivity contribution in [3.8, 4) is 0 Å². The summed E-state index contributed by atoms with van der Waals surface area (Å²) in [6.07, 6.45) is 0.344. The van der Waals surface area contributed by atoms with Crippen LogP contribution in [0, 0.1) is 0 Å². The third-order valence-corrected chi connectivity index (χ3v) is 1.31. The lowest BCUT2D eigenvalue weighted by atomic mass is 10.2. The van der Waals surface area contributed by atoms with E-state index in [-0.39, 0.29) is 18.6 Å². The Morgan fingerprint density at radius 2 is 2.36 bits per heavy atom. The summed E-state index contributed by atoms with van der Waals surface area (Å²) in [4.78, 5) is 10.7. The summed E-state index contributed by atoms with van der Waals surface area (Å²) in [6, 6.07) is 0.0644. The lowest BCUT2D eigenvalue weighted by Crippen LogP contribution is -2.31. The lowest BCUT2D eigenvalue weighted by molar-refractivity contribution is -0.141. The quantitative estimate of drug-likeness (QED) is 0.535. The fourth-order valence-electron chi connectivity index (χ4n) is 0.716. The molecular weight excluding hydrogens is 146 g/mol. The van der Waals surface area contributed by atoms with Crippen molar-refractivity contribution >= 4 is 5.97 Å². The van der Waals surface area contributed by atoms with Gasteiger partial charge in [-0.2, -0.15) is 0 Å². The Morgan fingerprint density at radius 1 is 1.73 bits per heavy atom. The number of carbonyl (C=O) groups excluding carboxylic acids is 1. The van der Waals surface area contributed by atoms with Gasteiger partial charge in [0.2, 0.25) is 0 Å². The average Bonchev–Trinajstić information content (AvgIpc) is 2.00. The van der Waals surface area contributed by atoms with Crippen LogP contribution in [0.15, 0.2) is 0 Å². The van der Waals surface area contributed by atoms with Gasteiger partial charge in [-0.05, 0) is 6.92 Å². The first kappa shape index (κ1) is 10.4. The zero-order valence-electron chi connectivity index (χ0n) is 6.96. The van der Waals surface area contributed by atoms with Crippen molar-refractivity contribution in [3.63, 3.8) is 0 Å². The van der Waals surface area contributed by atoms with Crippen LogP contribution in [0.25, 0.3) is 0 Å². The highest BCUT2D eigenvalue weighted by Gasteiger charge is 2.06. The molecule has 0 aliphatic heterocycles. The van der Waals surface area contributed by atoms with Crippen molar-refractivity contribution in [3.05, 3.63) is 0 Å². The average molecular weight is 161 g/mol. The number of methoxy groups -OCH3 is 1.